The number of hydrogen-bond acceptors (Lipinski definition) is 5. The van der Waals surface area contributed by atoms with E-state index < -0.39 is 5.82 Å². The third kappa shape index (κ3) is 5.65. The van der Waals surface area contributed by atoms with Gasteiger partial charge in [-0.25, -0.2) is 14.4 Å². The van der Waals surface area contributed by atoms with Crippen molar-refractivity contribution >= 4 is 62.4 Å². The van der Waals surface area contributed by atoms with E-state index in [1.165, 1.54) is 30.1 Å². The van der Waals surface area contributed by atoms with E-state index >= 15 is 0 Å². The summed E-state index contributed by atoms with van der Waals surface area (Å²) in [6.45, 7) is 0. The number of anilines is 1. The normalized spacial score (nSPS) is 14.6. The molecule has 40 heavy (non-hydrogen) atoms. The van der Waals surface area contributed by atoms with Crippen LogP contribution in [0.3, 0.4) is 0 Å². The second-order valence-corrected chi connectivity index (χ2v) is 10.8. The van der Waals surface area contributed by atoms with Gasteiger partial charge >= 0.3 is 0 Å². The molecule has 2 heterocycles. The van der Waals surface area contributed by atoms with Gasteiger partial charge in [-0.2, -0.15) is 5.10 Å². The van der Waals surface area contributed by atoms with Crippen molar-refractivity contribution in [2.24, 2.45) is 5.10 Å². The summed E-state index contributed by atoms with van der Waals surface area (Å²) in [5.74, 6) is -0.248. The third-order valence-electron chi connectivity index (χ3n) is 6.69. The van der Waals surface area contributed by atoms with Crippen molar-refractivity contribution in [1.29, 1.82) is 0 Å². The summed E-state index contributed by atoms with van der Waals surface area (Å²) in [7, 11) is 1.45. The Labute approximate surface area is 256 Å². The predicted octanol–water partition coefficient (Wildman–Crippen LogP) is 9.87. The average Bonchev–Trinajstić information content (AvgIpc) is 3.62. The molecule has 0 bridgehead atoms. The maximum Gasteiger partial charge on any atom is 0.207 e. The van der Waals surface area contributed by atoms with E-state index in [-0.39, 0.29) is 28.8 Å². The number of nitrogens with zero attached hydrogens (tertiary/aromatic N) is 3. The summed E-state index contributed by atoms with van der Waals surface area (Å²) in [4.78, 5) is 4.94. The number of methoxy groups -OCH3 is 1. The molecule has 0 saturated carbocycles. The summed E-state index contributed by atoms with van der Waals surface area (Å²) in [5.41, 5.74) is 6.47. The van der Waals surface area contributed by atoms with Crippen LogP contribution in [0, 0.1) is 5.82 Å². The summed E-state index contributed by atoms with van der Waals surface area (Å²) in [6, 6.07) is 28.7. The Kier molecular flexibility index (Phi) is 8.57. The maximum absolute atomic E-state index is 14.5. The Balaban J connectivity index is 0.00000323. The molecule has 1 unspecified atom stereocenters. The Morgan fingerprint density at radius 3 is 2.27 bits per heavy atom. The number of aromatic nitrogens is 1. The molecule has 0 saturated heterocycles. The van der Waals surface area contributed by atoms with Crippen LogP contribution in [0.5, 0.6) is 5.75 Å². The Hall–Kier alpha value is -3.23. The second-order valence-electron chi connectivity index (χ2n) is 9.09. The summed E-state index contributed by atoms with van der Waals surface area (Å²) < 4.78 is 19.6. The number of hydrogen-bond donors (Lipinski definition) is 0. The van der Waals surface area contributed by atoms with Gasteiger partial charge in [-0.1, -0.05) is 83.9 Å². The molecule has 1 aliphatic rings. The molecule has 1 aliphatic heterocycles. The molecule has 0 N–H and O–H groups in total. The topological polar surface area (TPSA) is 37.7 Å². The Morgan fingerprint density at radius 1 is 0.875 bits per heavy atom. The first-order valence-corrected chi connectivity index (χ1v) is 13.9. The van der Waals surface area contributed by atoms with Crippen molar-refractivity contribution < 1.29 is 9.13 Å². The van der Waals surface area contributed by atoms with Gasteiger partial charge in [0, 0.05) is 33.0 Å². The van der Waals surface area contributed by atoms with Crippen LogP contribution in [0.25, 0.3) is 22.4 Å². The number of rotatable bonds is 6. The van der Waals surface area contributed by atoms with Gasteiger partial charge in [0.25, 0.3) is 0 Å². The van der Waals surface area contributed by atoms with Crippen LogP contribution < -0.4 is 9.75 Å². The lowest BCUT2D eigenvalue weighted by atomic mass is 9.98. The van der Waals surface area contributed by atoms with Gasteiger partial charge in [-0.05, 0) is 47.0 Å². The van der Waals surface area contributed by atoms with Crippen molar-refractivity contribution in [2.45, 2.75) is 12.5 Å². The largest absolute Gasteiger partial charge is 0.494 e. The SMILES string of the molecule is Br.COc1ccc(C2=NN(c3nc(-c4ccc(-c5ccccc5)cc4)cs3)C(c3ccc(Cl)cc3Cl)C2)cc1F. The summed E-state index contributed by atoms with van der Waals surface area (Å²) in [5, 5.41) is 10.6. The minimum Gasteiger partial charge on any atom is -0.494 e. The first-order valence-electron chi connectivity index (χ1n) is 12.3. The van der Waals surface area contributed by atoms with Crippen LogP contribution in [0.15, 0.2) is 101 Å². The van der Waals surface area contributed by atoms with Crippen LogP contribution >= 0.6 is 51.5 Å². The lowest BCUT2D eigenvalue weighted by molar-refractivity contribution is 0.386. The molecule has 4 aromatic carbocycles. The monoisotopic (exact) mass is 653 g/mol. The molecule has 6 rings (SSSR count). The first-order chi connectivity index (χ1) is 19.0. The lowest BCUT2D eigenvalue weighted by Crippen LogP contribution is -2.18. The van der Waals surface area contributed by atoms with Gasteiger partial charge < -0.3 is 4.74 Å². The molecule has 1 aromatic heterocycles. The molecule has 0 amide bonds. The lowest BCUT2D eigenvalue weighted by Gasteiger charge is -2.22. The van der Waals surface area contributed by atoms with E-state index in [1.54, 1.807) is 12.1 Å². The van der Waals surface area contributed by atoms with Gasteiger partial charge in [-0.15, -0.1) is 28.3 Å². The summed E-state index contributed by atoms with van der Waals surface area (Å²) in [6.07, 6.45) is 0.522. The number of thiazole rings is 1. The zero-order valence-corrected chi connectivity index (χ0v) is 25.3. The molecular weight excluding hydrogens is 632 g/mol. The number of ether oxygens (including phenoxy) is 1. The van der Waals surface area contributed by atoms with Crippen molar-refractivity contribution in [2.75, 3.05) is 12.1 Å². The van der Waals surface area contributed by atoms with E-state index in [0.717, 1.165) is 33.2 Å². The van der Waals surface area contributed by atoms with Crippen molar-refractivity contribution in [1.82, 2.24) is 4.98 Å². The third-order valence-corrected chi connectivity index (χ3v) is 8.09. The van der Waals surface area contributed by atoms with Gasteiger partial charge in [0.15, 0.2) is 11.6 Å². The fraction of sp³-hybridized carbons (Fsp3) is 0.0968. The zero-order chi connectivity index (χ0) is 26.9. The van der Waals surface area contributed by atoms with Crippen molar-refractivity contribution in [3.63, 3.8) is 0 Å². The minimum atomic E-state index is -0.437. The average molecular weight is 655 g/mol. The van der Waals surface area contributed by atoms with Crippen LogP contribution in [0.2, 0.25) is 10.0 Å². The smallest absolute Gasteiger partial charge is 0.207 e. The standard InChI is InChI=1S/C31H22Cl2FN3OS.BrH/c1-38-30-14-11-22(15-26(30)34)27-17-29(24-13-12-23(32)16-25(24)33)37(36-27)31-35-28(18-39-31)21-9-7-20(8-10-21)19-5-3-2-4-6-19;/h2-16,18,29H,17H2,1H3;1H. The van der Waals surface area contributed by atoms with Gasteiger partial charge in [0.2, 0.25) is 5.13 Å². The minimum absolute atomic E-state index is 0. The predicted molar refractivity (Wildman–Crippen MR) is 169 cm³/mol. The maximum atomic E-state index is 14.5. The molecule has 0 radical (unpaired) electrons. The van der Waals surface area contributed by atoms with E-state index in [2.05, 4.69) is 36.4 Å². The zero-order valence-electron chi connectivity index (χ0n) is 21.2. The highest BCUT2D eigenvalue weighted by Crippen LogP contribution is 2.42. The molecule has 4 nitrogen and oxygen atoms in total. The molecule has 9 heteroatoms. The molecule has 0 aliphatic carbocycles. The highest BCUT2D eigenvalue weighted by molar-refractivity contribution is 8.93. The first kappa shape index (κ1) is 28.3. The van der Waals surface area contributed by atoms with Gasteiger partial charge in [0.05, 0.1) is 24.6 Å². The molecule has 1 atom stereocenters. The fourth-order valence-electron chi connectivity index (χ4n) is 4.69. The molecule has 5 aromatic rings. The quantitative estimate of drug-likeness (QED) is 0.183. The number of benzene rings is 4. The van der Waals surface area contributed by atoms with Crippen LogP contribution in [0.1, 0.15) is 23.6 Å². The molecule has 0 fully saturated rings. The van der Waals surface area contributed by atoms with E-state index in [9.17, 15) is 4.39 Å². The highest BCUT2D eigenvalue weighted by Gasteiger charge is 2.33. The highest BCUT2D eigenvalue weighted by atomic mass is 79.9. The van der Waals surface area contributed by atoms with Gasteiger partial charge in [0.1, 0.15) is 0 Å². The van der Waals surface area contributed by atoms with E-state index in [4.69, 9.17) is 38.0 Å². The fourth-order valence-corrected chi connectivity index (χ4v) is 6.05. The second kappa shape index (κ2) is 12.1. The van der Waals surface area contributed by atoms with Crippen LogP contribution in [-0.2, 0) is 0 Å². The van der Waals surface area contributed by atoms with Crippen LogP contribution in [0.4, 0.5) is 9.52 Å². The molecule has 202 valence electrons. The van der Waals surface area contributed by atoms with Crippen molar-refractivity contribution in [3.8, 4) is 28.1 Å². The number of hydrazone groups is 1. The Morgan fingerprint density at radius 2 is 1.57 bits per heavy atom. The van der Waals surface area contributed by atoms with Crippen LogP contribution in [-0.4, -0.2) is 17.8 Å². The molecule has 0 spiro atoms. The molecular formula is C31H23BrCl2FN3OS. The summed E-state index contributed by atoms with van der Waals surface area (Å²) >= 11 is 14.3. The number of halogens is 4. The van der Waals surface area contributed by atoms with E-state index in [0.29, 0.717) is 22.0 Å². The Bertz CT molecular complexity index is 1680. The van der Waals surface area contributed by atoms with E-state index in [1.807, 2.05) is 46.8 Å². The van der Waals surface area contributed by atoms with Gasteiger partial charge in [-0.3, -0.25) is 0 Å². The van der Waals surface area contributed by atoms with Crippen molar-refractivity contribution in [3.05, 3.63) is 123 Å².